The number of aromatic amines is 1. The van der Waals surface area contributed by atoms with Gasteiger partial charge in [0.1, 0.15) is 17.5 Å². The highest BCUT2D eigenvalue weighted by Gasteiger charge is 2.17. The van der Waals surface area contributed by atoms with Crippen LogP contribution < -0.4 is 10.5 Å². The summed E-state index contributed by atoms with van der Waals surface area (Å²) < 4.78 is 5.29. The lowest BCUT2D eigenvalue weighted by Crippen LogP contribution is -2.39. The van der Waals surface area contributed by atoms with Crippen LogP contribution in [0.1, 0.15) is 0 Å². The highest BCUT2D eigenvalue weighted by atomic mass is 16.5. The number of fused-ring (bicyclic) bond motifs is 1. The van der Waals surface area contributed by atoms with Crippen LogP contribution in [0.3, 0.4) is 0 Å². The maximum atomic E-state index is 11.9. The third-order valence-corrected chi connectivity index (χ3v) is 2.87. The fourth-order valence-corrected chi connectivity index (χ4v) is 2.04. The molecular weight excluding hydrogens is 220 g/mol. The van der Waals surface area contributed by atoms with E-state index in [0.717, 1.165) is 5.39 Å². The van der Waals surface area contributed by atoms with E-state index >= 15 is 0 Å². The zero-order chi connectivity index (χ0) is 11.7. The SMILES string of the molecule is O=c1[nH]cc2cncnc2c1N1CCOCC1. The van der Waals surface area contributed by atoms with Gasteiger partial charge in [-0.05, 0) is 0 Å². The highest BCUT2D eigenvalue weighted by Crippen LogP contribution is 2.19. The Bertz CT molecular complexity index is 589. The molecule has 0 bridgehead atoms. The summed E-state index contributed by atoms with van der Waals surface area (Å²) in [7, 11) is 0. The van der Waals surface area contributed by atoms with Gasteiger partial charge in [-0.2, -0.15) is 0 Å². The van der Waals surface area contributed by atoms with E-state index in [0.29, 0.717) is 37.5 Å². The number of H-pyrrole nitrogens is 1. The molecule has 0 unspecified atom stereocenters. The number of aromatic nitrogens is 3. The molecule has 0 spiro atoms. The lowest BCUT2D eigenvalue weighted by molar-refractivity contribution is 0.122. The minimum absolute atomic E-state index is 0.113. The minimum atomic E-state index is -0.113. The zero-order valence-corrected chi connectivity index (χ0v) is 9.22. The van der Waals surface area contributed by atoms with E-state index in [2.05, 4.69) is 15.0 Å². The second-order valence-electron chi connectivity index (χ2n) is 3.89. The Hall–Kier alpha value is -1.95. The van der Waals surface area contributed by atoms with Crippen LogP contribution in [0.15, 0.2) is 23.5 Å². The van der Waals surface area contributed by atoms with E-state index in [1.807, 2.05) is 4.90 Å². The van der Waals surface area contributed by atoms with Crippen molar-refractivity contribution in [3.8, 4) is 0 Å². The maximum absolute atomic E-state index is 11.9. The number of morpholine rings is 1. The van der Waals surface area contributed by atoms with Gasteiger partial charge in [0.2, 0.25) is 0 Å². The van der Waals surface area contributed by atoms with Crippen LogP contribution >= 0.6 is 0 Å². The van der Waals surface area contributed by atoms with Gasteiger partial charge < -0.3 is 14.6 Å². The van der Waals surface area contributed by atoms with E-state index in [9.17, 15) is 4.79 Å². The predicted octanol–water partition coefficient (Wildman–Crippen LogP) is 0.155. The third-order valence-electron chi connectivity index (χ3n) is 2.87. The number of hydrogen-bond acceptors (Lipinski definition) is 5. The lowest BCUT2D eigenvalue weighted by Gasteiger charge is -2.28. The topological polar surface area (TPSA) is 71.1 Å². The van der Waals surface area contributed by atoms with Gasteiger partial charge in [-0.1, -0.05) is 0 Å². The molecule has 1 aliphatic rings. The molecule has 1 N–H and O–H groups in total. The van der Waals surface area contributed by atoms with Crippen molar-refractivity contribution >= 4 is 16.6 Å². The van der Waals surface area contributed by atoms with Gasteiger partial charge in [0.05, 0.1) is 13.2 Å². The summed E-state index contributed by atoms with van der Waals surface area (Å²) in [5.74, 6) is 0. The number of pyridine rings is 1. The molecule has 2 aromatic heterocycles. The lowest BCUT2D eigenvalue weighted by atomic mass is 10.2. The van der Waals surface area contributed by atoms with Gasteiger partial charge in [0.15, 0.2) is 0 Å². The summed E-state index contributed by atoms with van der Waals surface area (Å²) in [6.07, 6.45) is 4.80. The Kier molecular flexibility index (Phi) is 2.49. The molecule has 0 aliphatic carbocycles. The first-order chi connectivity index (χ1) is 8.36. The predicted molar refractivity (Wildman–Crippen MR) is 63.2 cm³/mol. The summed E-state index contributed by atoms with van der Waals surface area (Å²) in [4.78, 5) is 24.8. The molecule has 0 atom stereocenters. The van der Waals surface area contributed by atoms with Crippen LogP contribution in [0.25, 0.3) is 10.9 Å². The Balaban J connectivity index is 2.19. The monoisotopic (exact) mass is 232 g/mol. The molecule has 3 heterocycles. The second kappa shape index (κ2) is 4.14. The number of hydrogen-bond donors (Lipinski definition) is 1. The van der Waals surface area contributed by atoms with Crippen LogP contribution in [0.5, 0.6) is 0 Å². The van der Waals surface area contributed by atoms with Crippen LogP contribution in [0.4, 0.5) is 5.69 Å². The molecule has 88 valence electrons. The van der Waals surface area contributed by atoms with Crippen molar-refractivity contribution in [2.24, 2.45) is 0 Å². The van der Waals surface area contributed by atoms with Crippen molar-refractivity contribution in [1.82, 2.24) is 15.0 Å². The number of anilines is 1. The van der Waals surface area contributed by atoms with E-state index < -0.39 is 0 Å². The molecule has 1 saturated heterocycles. The summed E-state index contributed by atoms with van der Waals surface area (Å²) >= 11 is 0. The first-order valence-electron chi connectivity index (χ1n) is 5.50. The van der Waals surface area contributed by atoms with Gasteiger partial charge in [0, 0.05) is 30.9 Å². The summed E-state index contributed by atoms with van der Waals surface area (Å²) in [5, 5.41) is 0.841. The van der Waals surface area contributed by atoms with Crippen molar-refractivity contribution < 1.29 is 4.74 Å². The Morgan fingerprint density at radius 1 is 1.35 bits per heavy atom. The molecule has 0 aromatic carbocycles. The van der Waals surface area contributed by atoms with Crippen molar-refractivity contribution in [3.05, 3.63) is 29.1 Å². The van der Waals surface area contributed by atoms with Crippen molar-refractivity contribution in [2.45, 2.75) is 0 Å². The van der Waals surface area contributed by atoms with Crippen LogP contribution in [0.2, 0.25) is 0 Å². The Morgan fingerprint density at radius 2 is 2.18 bits per heavy atom. The van der Waals surface area contributed by atoms with Crippen molar-refractivity contribution in [1.29, 1.82) is 0 Å². The summed E-state index contributed by atoms with van der Waals surface area (Å²) in [6.45, 7) is 2.71. The van der Waals surface area contributed by atoms with Crippen molar-refractivity contribution in [2.75, 3.05) is 31.2 Å². The van der Waals surface area contributed by atoms with Gasteiger partial charge in [0.25, 0.3) is 5.56 Å². The fraction of sp³-hybridized carbons (Fsp3) is 0.364. The van der Waals surface area contributed by atoms with E-state index in [4.69, 9.17) is 4.74 Å². The van der Waals surface area contributed by atoms with Crippen LogP contribution in [-0.4, -0.2) is 41.3 Å². The van der Waals surface area contributed by atoms with Crippen LogP contribution in [0, 0.1) is 0 Å². The molecule has 1 aliphatic heterocycles. The van der Waals surface area contributed by atoms with E-state index in [1.165, 1.54) is 6.33 Å². The average molecular weight is 232 g/mol. The van der Waals surface area contributed by atoms with Gasteiger partial charge in [-0.15, -0.1) is 0 Å². The maximum Gasteiger partial charge on any atom is 0.273 e. The quantitative estimate of drug-likeness (QED) is 0.758. The molecule has 1 fully saturated rings. The average Bonchev–Trinajstić information content (AvgIpc) is 2.39. The Labute approximate surface area is 97.3 Å². The fourth-order valence-electron chi connectivity index (χ4n) is 2.04. The summed E-state index contributed by atoms with van der Waals surface area (Å²) in [5.41, 5.74) is 1.21. The van der Waals surface area contributed by atoms with E-state index in [-0.39, 0.29) is 5.56 Å². The number of rotatable bonds is 1. The molecule has 0 amide bonds. The first kappa shape index (κ1) is 10.2. The molecule has 0 radical (unpaired) electrons. The molecular formula is C11H12N4O2. The van der Waals surface area contributed by atoms with Crippen LogP contribution in [-0.2, 0) is 4.74 Å². The zero-order valence-electron chi connectivity index (χ0n) is 9.22. The first-order valence-corrected chi connectivity index (χ1v) is 5.50. The minimum Gasteiger partial charge on any atom is -0.378 e. The molecule has 0 saturated carbocycles. The second-order valence-corrected chi connectivity index (χ2v) is 3.89. The number of nitrogens with one attached hydrogen (secondary N) is 1. The smallest absolute Gasteiger partial charge is 0.273 e. The van der Waals surface area contributed by atoms with Crippen molar-refractivity contribution in [3.63, 3.8) is 0 Å². The molecule has 6 heteroatoms. The number of nitrogens with zero attached hydrogens (tertiary/aromatic N) is 3. The Morgan fingerprint density at radius 3 is 3.00 bits per heavy atom. The summed E-state index contributed by atoms with van der Waals surface area (Å²) in [6, 6.07) is 0. The van der Waals surface area contributed by atoms with Gasteiger partial charge in [-0.3, -0.25) is 4.79 Å². The largest absolute Gasteiger partial charge is 0.378 e. The third kappa shape index (κ3) is 1.76. The molecule has 3 rings (SSSR count). The normalized spacial score (nSPS) is 16.4. The highest BCUT2D eigenvalue weighted by molar-refractivity contribution is 5.88. The molecule has 2 aromatic rings. The molecule has 6 nitrogen and oxygen atoms in total. The number of ether oxygens (including phenoxy) is 1. The molecule has 17 heavy (non-hydrogen) atoms. The van der Waals surface area contributed by atoms with E-state index in [1.54, 1.807) is 12.4 Å². The standard InChI is InChI=1S/C11H12N4O2/c16-11-10(15-1-3-17-4-2-15)9-8(6-13-11)5-12-7-14-9/h5-7H,1-4H2,(H,13,16). The van der Waals surface area contributed by atoms with Gasteiger partial charge >= 0.3 is 0 Å². The van der Waals surface area contributed by atoms with Gasteiger partial charge in [-0.25, -0.2) is 9.97 Å².